The van der Waals surface area contributed by atoms with E-state index in [4.69, 9.17) is 10.5 Å². The van der Waals surface area contributed by atoms with Gasteiger partial charge in [0.15, 0.2) is 0 Å². The number of halogens is 1. The first-order chi connectivity index (χ1) is 23.4. The number of urea groups is 1. The number of aliphatic hydroxyl groups excluding tert-OH is 1. The largest absolute Gasteiger partial charge is 0.487 e. The van der Waals surface area contributed by atoms with E-state index in [1.54, 1.807) is 61.3 Å². The SMILES string of the molecule is C[C@@H]1CN([C@H](C)CO)C(=O)c2cc(NC(=O)CCCCCC(=O)Nc3ccccc3N)ccc2O[C@H]1CN(C)C(=O)Nc1ccc(F)cc1. The van der Waals surface area contributed by atoms with Crippen molar-refractivity contribution < 1.29 is 33.4 Å². The van der Waals surface area contributed by atoms with Gasteiger partial charge in [-0.1, -0.05) is 25.5 Å². The minimum absolute atomic E-state index is 0.142. The van der Waals surface area contributed by atoms with Crippen molar-refractivity contribution in [2.24, 2.45) is 5.92 Å². The minimum atomic E-state index is -0.531. The number of likely N-dealkylation sites (N-methyl/N-ethyl adjacent to an activating group) is 1. The van der Waals surface area contributed by atoms with Crippen molar-refractivity contribution in [2.75, 3.05) is 48.4 Å². The average molecular weight is 677 g/mol. The Kier molecular flexibility index (Phi) is 12.9. The number of nitrogen functional groups attached to an aromatic ring is 1. The molecule has 13 heteroatoms. The van der Waals surface area contributed by atoms with Crippen molar-refractivity contribution >= 4 is 46.5 Å². The van der Waals surface area contributed by atoms with E-state index in [0.717, 1.165) is 0 Å². The van der Waals surface area contributed by atoms with Gasteiger partial charge in [-0.3, -0.25) is 14.4 Å². The van der Waals surface area contributed by atoms with E-state index in [1.165, 1.54) is 29.2 Å². The Morgan fingerprint density at radius 1 is 0.980 bits per heavy atom. The predicted octanol–water partition coefficient (Wildman–Crippen LogP) is 5.32. The zero-order chi connectivity index (χ0) is 35.5. The van der Waals surface area contributed by atoms with E-state index in [2.05, 4.69) is 16.0 Å². The number of carbonyl (C=O) groups is 4. The first-order valence-electron chi connectivity index (χ1n) is 16.4. The zero-order valence-corrected chi connectivity index (χ0v) is 28.1. The summed E-state index contributed by atoms with van der Waals surface area (Å²) in [6.45, 7) is 3.83. The van der Waals surface area contributed by atoms with Gasteiger partial charge in [0.2, 0.25) is 11.8 Å². The maximum absolute atomic E-state index is 13.8. The van der Waals surface area contributed by atoms with Crippen LogP contribution in [0.15, 0.2) is 66.7 Å². The predicted molar refractivity (Wildman–Crippen MR) is 187 cm³/mol. The molecule has 3 aromatic rings. The molecule has 0 aromatic heterocycles. The third kappa shape index (κ3) is 10.4. The van der Waals surface area contributed by atoms with Gasteiger partial charge in [0.05, 0.1) is 36.1 Å². The Bertz CT molecular complexity index is 1620. The quantitative estimate of drug-likeness (QED) is 0.121. The highest BCUT2D eigenvalue weighted by molar-refractivity contribution is 6.00. The lowest BCUT2D eigenvalue weighted by molar-refractivity contribution is -0.116. The number of nitrogens with one attached hydrogen (secondary N) is 3. The van der Waals surface area contributed by atoms with Gasteiger partial charge in [0.1, 0.15) is 17.7 Å². The van der Waals surface area contributed by atoms with Gasteiger partial charge >= 0.3 is 6.03 Å². The molecular weight excluding hydrogens is 631 g/mol. The molecule has 0 unspecified atom stereocenters. The van der Waals surface area contributed by atoms with E-state index in [1.807, 2.05) is 6.92 Å². The monoisotopic (exact) mass is 676 g/mol. The third-order valence-corrected chi connectivity index (χ3v) is 8.39. The van der Waals surface area contributed by atoms with Crippen LogP contribution in [0.25, 0.3) is 0 Å². The molecule has 0 fully saturated rings. The van der Waals surface area contributed by atoms with E-state index in [0.29, 0.717) is 48.4 Å². The smallest absolute Gasteiger partial charge is 0.321 e. The molecule has 0 saturated heterocycles. The van der Waals surface area contributed by atoms with Crippen LogP contribution in [0.5, 0.6) is 5.75 Å². The number of aliphatic hydroxyl groups is 1. The summed E-state index contributed by atoms with van der Waals surface area (Å²) in [5, 5.41) is 18.3. The van der Waals surface area contributed by atoms with Crippen LogP contribution in [0.1, 0.15) is 56.3 Å². The summed E-state index contributed by atoms with van der Waals surface area (Å²) in [7, 11) is 1.61. The van der Waals surface area contributed by atoms with Gasteiger partial charge in [0.25, 0.3) is 5.91 Å². The Hall–Kier alpha value is -5.17. The van der Waals surface area contributed by atoms with Crippen molar-refractivity contribution in [1.29, 1.82) is 0 Å². The molecule has 4 rings (SSSR count). The fraction of sp³-hybridized carbons (Fsp3) is 0.389. The van der Waals surface area contributed by atoms with Crippen LogP contribution in [-0.4, -0.2) is 77.5 Å². The fourth-order valence-corrected chi connectivity index (χ4v) is 5.42. The summed E-state index contributed by atoms with van der Waals surface area (Å²) in [4.78, 5) is 54.7. The summed E-state index contributed by atoms with van der Waals surface area (Å²) in [5.41, 5.74) is 8.02. The van der Waals surface area contributed by atoms with Crippen molar-refractivity contribution in [3.8, 4) is 5.75 Å². The molecule has 1 heterocycles. The number of amides is 5. The first-order valence-corrected chi connectivity index (χ1v) is 16.4. The third-order valence-electron chi connectivity index (χ3n) is 8.39. The molecule has 0 saturated carbocycles. The molecular formula is C36H45FN6O6. The summed E-state index contributed by atoms with van der Waals surface area (Å²) >= 11 is 0. The highest BCUT2D eigenvalue weighted by Crippen LogP contribution is 2.31. The Morgan fingerprint density at radius 2 is 1.63 bits per heavy atom. The number of nitrogens with zero attached hydrogens (tertiary/aromatic N) is 2. The maximum atomic E-state index is 13.8. The standard InChI is InChI=1S/C36H45FN6O6/c1-23-20-43(24(2)22-44)35(47)28-19-27(39-33(45)11-5-4-6-12-34(46)41-30-10-8-7-9-29(30)38)17-18-31(28)49-32(23)21-42(3)36(48)40-26-15-13-25(37)14-16-26/h7-10,13-19,23-24,32,44H,4-6,11-12,20-22,38H2,1-3H3,(H,39,45)(H,40,48)(H,41,46)/t23-,24-,32+/m1/s1. The zero-order valence-electron chi connectivity index (χ0n) is 28.1. The van der Waals surface area contributed by atoms with Crippen LogP contribution in [0.2, 0.25) is 0 Å². The molecule has 1 aliphatic rings. The first kappa shape index (κ1) is 36.7. The Balaban J connectivity index is 1.36. The highest BCUT2D eigenvalue weighted by atomic mass is 19.1. The van der Waals surface area contributed by atoms with Crippen LogP contribution in [0.3, 0.4) is 0 Å². The number of anilines is 4. The number of hydrogen-bond acceptors (Lipinski definition) is 7. The van der Waals surface area contributed by atoms with Crippen molar-refractivity contribution in [2.45, 2.75) is 58.1 Å². The van der Waals surface area contributed by atoms with Crippen LogP contribution in [-0.2, 0) is 9.59 Å². The molecule has 12 nitrogen and oxygen atoms in total. The summed E-state index contributed by atoms with van der Waals surface area (Å²) < 4.78 is 19.6. The lowest BCUT2D eigenvalue weighted by Gasteiger charge is -2.38. The lowest BCUT2D eigenvalue weighted by atomic mass is 9.99. The number of benzene rings is 3. The maximum Gasteiger partial charge on any atom is 0.321 e. The van der Waals surface area contributed by atoms with Crippen LogP contribution < -0.4 is 26.4 Å². The second kappa shape index (κ2) is 17.3. The van der Waals surface area contributed by atoms with Crippen LogP contribution in [0, 0.1) is 11.7 Å². The number of unbranched alkanes of at least 4 members (excludes halogenated alkanes) is 2. The molecule has 1 aliphatic heterocycles. The number of hydrogen-bond donors (Lipinski definition) is 5. The van der Waals surface area contributed by atoms with E-state index < -0.39 is 24.0 Å². The number of para-hydroxylation sites is 2. The van der Waals surface area contributed by atoms with Crippen LogP contribution >= 0.6 is 0 Å². The molecule has 0 radical (unpaired) electrons. The van der Waals surface area contributed by atoms with Crippen molar-refractivity contribution in [3.63, 3.8) is 0 Å². The molecule has 3 aromatic carbocycles. The van der Waals surface area contributed by atoms with Gasteiger partial charge in [-0.15, -0.1) is 0 Å². The fourth-order valence-electron chi connectivity index (χ4n) is 5.42. The molecule has 0 aliphatic carbocycles. The van der Waals surface area contributed by atoms with Crippen molar-refractivity contribution in [1.82, 2.24) is 9.80 Å². The molecule has 3 atom stereocenters. The lowest BCUT2D eigenvalue weighted by Crippen LogP contribution is -2.50. The average Bonchev–Trinajstić information content (AvgIpc) is 3.08. The molecule has 5 amide bonds. The second-order valence-corrected chi connectivity index (χ2v) is 12.4. The van der Waals surface area contributed by atoms with Gasteiger partial charge < -0.3 is 41.3 Å². The van der Waals surface area contributed by atoms with Crippen molar-refractivity contribution in [3.05, 3.63) is 78.1 Å². The number of rotatable bonds is 13. The summed E-state index contributed by atoms with van der Waals surface area (Å²) in [5.74, 6) is -1.08. The summed E-state index contributed by atoms with van der Waals surface area (Å²) in [6, 6.07) is 16.4. The van der Waals surface area contributed by atoms with E-state index in [-0.39, 0.29) is 61.1 Å². The molecule has 0 spiro atoms. The topological polar surface area (TPSA) is 166 Å². The normalized spacial score (nSPS) is 16.3. The van der Waals surface area contributed by atoms with Crippen LogP contribution in [0.4, 0.5) is 31.9 Å². The molecule has 262 valence electrons. The second-order valence-electron chi connectivity index (χ2n) is 12.4. The number of fused-ring (bicyclic) bond motifs is 1. The summed E-state index contributed by atoms with van der Waals surface area (Å²) in [6.07, 6.45) is 1.86. The van der Waals surface area contributed by atoms with E-state index in [9.17, 15) is 28.7 Å². The Morgan fingerprint density at radius 3 is 2.31 bits per heavy atom. The minimum Gasteiger partial charge on any atom is -0.487 e. The van der Waals surface area contributed by atoms with Gasteiger partial charge in [0, 0.05) is 43.7 Å². The number of ether oxygens (including phenoxy) is 1. The Labute approximate surface area is 285 Å². The number of carbonyl (C=O) groups excluding carboxylic acids is 4. The highest BCUT2D eigenvalue weighted by Gasteiger charge is 2.34. The molecule has 6 N–H and O–H groups in total. The molecule has 49 heavy (non-hydrogen) atoms. The molecule has 0 bridgehead atoms. The van der Waals surface area contributed by atoms with Gasteiger partial charge in [-0.05, 0) is 74.4 Å². The van der Waals surface area contributed by atoms with Gasteiger partial charge in [-0.25, -0.2) is 9.18 Å². The van der Waals surface area contributed by atoms with E-state index >= 15 is 0 Å². The number of nitrogens with two attached hydrogens (primary N) is 1. The van der Waals surface area contributed by atoms with Gasteiger partial charge in [-0.2, -0.15) is 0 Å².